The Labute approximate surface area is 665 Å². The van der Waals surface area contributed by atoms with Crippen molar-refractivity contribution in [2.45, 2.75) is 186 Å². The Balaban J connectivity index is 7.17. The molecule has 0 aliphatic heterocycles. The normalized spacial score (nSPS) is 14.1. The van der Waals surface area contributed by atoms with Gasteiger partial charge in [0.15, 0.2) is 0 Å². The number of nitrogens with zero attached hydrogens (tertiary/aromatic N) is 13. The second-order valence-corrected chi connectivity index (χ2v) is 31.7. The SMILES string of the molecule is CC(C)CN(CC(=O)N(CC(=O)N(CC(=O)N(CC(=O)N(CC(=O)N(CC(=O)N(CC(=O)N(CC(=O)N(CC(=O)N(CC(=O)N(CC(=O)N(CC(N)=O)CC(C)O)CC(C)O)CC(C)C)CC(C)O)CC(C)O)CC(C)C)CC(C)O)CC(C)O)CC(C)C)CC(C)O)CC(C)O)C(=O)CN(CC(C)O)C(=O)CNCC(C)O. The van der Waals surface area contributed by atoms with Gasteiger partial charge in [0.05, 0.1) is 153 Å². The molecule has 0 aliphatic rings. The summed E-state index contributed by atoms with van der Waals surface area (Å²) in [7, 11) is 0. The first kappa shape index (κ1) is 105. The zero-order valence-corrected chi connectivity index (χ0v) is 70.0. The molecule has 0 heterocycles. The molecule has 113 heavy (non-hydrogen) atoms. The number of nitrogens with two attached hydrogens (primary N) is 1. The number of carbonyl (C=O) groups excluding carboxylic acids is 14. The van der Waals surface area contributed by atoms with Crippen LogP contribution in [-0.2, 0) is 67.1 Å². The molecule has 0 saturated carbocycles. The molecule has 0 spiro atoms. The van der Waals surface area contributed by atoms with E-state index in [0.29, 0.717) is 0 Å². The molecule has 0 fully saturated rings. The molecule has 0 aromatic heterocycles. The van der Waals surface area contributed by atoms with Crippen LogP contribution in [0.15, 0.2) is 0 Å². The standard InChI is InChI=1S/C74H137N15O24/c1-47(2)21-77(63(102)39-82(26-53(11)92)62(101)20-76-19-51(9)90)35-69(108)87(31-58(16)97)44-72(111)84(28-55(13)94)41-65(104)79(23-49(5)6)37-71(110)89(33-60(18)99)46-74(113)85(29-56(14)95)42-66(105)80(24-50(7)8)38-70(109)88(32-59(17)98)45-73(112)83(27-54(12)93)40-64(103)78(22-48(3)4)36-68(107)86(30-57(15)96)43-67(106)81(25-52(10)91)34-61(75)100/h47-60,76,90-99H,19-46H2,1-18H3,(H2,75,100). The summed E-state index contributed by atoms with van der Waals surface area (Å²) in [6.07, 6.45) is -11.8. The highest BCUT2D eigenvalue weighted by Crippen LogP contribution is 2.14. The smallest absolute Gasteiger partial charge is 0.242 e. The number of nitrogens with one attached hydrogen (secondary N) is 1. The lowest BCUT2D eigenvalue weighted by molar-refractivity contribution is -0.151. The lowest BCUT2D eigenvalue weighted by Gasteiger charge is -2.34. The predicted molar refractivity (Wildman–Crippen MR) is 414 cm³/mol. The van der Waals surface area contributed by atoms with Crippen LogP contribution >= 0.6 is 0 Å². The summed E-state index contributed by atoms with van der Waals surface area (Å²) in [5.41, 5.74) is 5.34. The van der Waals surface area contributed by atoms with Crippen molar-refractivity contribution in [3.8, 4) is 0 Å². The van der Waals surface area contributed by atoms with Gasteiger partial charge in [-0.15, -0.1) is 0 Å². The highest BCUT2D eigenvalue weighted by molar-refractivity contribution is 5.96. The van der Waals surface area contributed by atoms with E-state index in [4.69, 9.17) is 5.73 Å². The van der Waals surface area contributed by atoms with E-state index >= 15 is 0 Å². The van der Waals surface area contributed by atoms with Gasteiger partial charge in [-0.1, -0.05) is 55.4 Å². The zero-order valence-electron chi connectivity index (χ0n) is 70.0. The van der Waals surface area contributed by atoms with Gasteiger partial charge in [0.1, 0.15) is 0 Å². The number of rotatable bonds is 56. The largest absolute Gasteiger partial charge is 0.392 e. The molecule has 0 saturated heterocycles. The van der Waals surface area contributed by atoms with Crippen LogP contribution in [0.25, 0.3) is 0 Å². The van der Waals surface area contributed by atoms with Crippen molar-refractivity contribution in [2.75, 3.05) is 183 Å². The number of hydrogen-bond donors (Lipinski definition) is 12. The van der Waals surface area contributed by atoms with Gasteiger partial charge in [-0.2, -0.15) is 0 Å². The zero-order chi connectivity index (χ0) is 87.2. The third kappa shape index (κ3) is 45.7. The third-order valence-electron chi connectivity index (χ3n) is 16.3. The first-order valence-electron chi connectivity index (χ1n) is 38.6. The molecule has 0 aromatic rings. The summed E-state index contributed by atoms with van der Waals surface area (Å²) in [4.78, 5) is 210. The van der Waals surface area contributed by atoms with Gasteiger partial charge >= 0.3 is 0 Å². The topological polar surface area (TPSA) is 521 Å². The molecule has 0 aliphatic carbocycles. The lowest BCUT2D eigenvalue weighted by atomic mass is 10.2. The molecule has 652 valence electrons. The summed E-state index contributed by atoms with van der Waals surface area (Å²) >= 11 is 0. The van der Waals surface area contributed by atoms with Crippen molar-refractivity contribution in [3.63, 3.8) is 0 Å². The Bertz CT molecular complexity index is 3000. The van der Waals surface area contributed by atoms with E-state index < -0.39 is 275 Å². The second-order valence-electron chi connectivity index (χ2n) is 31.7. The van der Waals surface area contributed by atoms with E-state index in [1.165, 1.54) is 74.1 Å². The van der Waals surface area contributed by atoms with E-state index in [0.717, 1.165) is 58.8 Å². The maximum absolute atomic E-state index is 14.6. The highest BCUT2D eigenvalue weighted by Gasteiger charge is 2.36. The maximum atomic E-state index is 14.6. The number of hydrogen-bond acceptors (Lipinski definition) is 25. The van der Waals surface area contributed by atoms with Gasteiger partial charge in [-0.05, 0) is 92.9 Å². The first-order valence-corrected chi connectivity index (χ1v) is 38.6. The summed E-state index contributed by atoms with van der Waals surface area (Å²) in [6, 6.07) is 0. The van der Waals surface area contributed by atoms with E-state index in [9.17, 15) is 118 Å². The minimum Gasteiger partial charge on any atom is -0.392 e. The third-order valence-corrected chi connectivity index (χ3v) is 16.3. The molecule has 39 heteroatoms. The van der Waals surface area contributed by atoms with Crippen LogP contribution in [0.2, 0.25) is 0 Å². The monoisotopic (exact) mass is 1620 g/mol. The molecule has 10 atom stereocenters. The molecule has 0 bridgehead atoms. The van der Waals surface area contributed by atoms with Gasteiger partial charge < -0.3 is 126 Å². The molecule has 13 N–H and O–H groups in total. The van der Waals surface area contributed by atoms with Gasteiger partial charge in [-0.3, -0.25) is 67.1 Å². The molecular weight excluding hydrogens is 1480 g/mol. The Morgan fingerprint density at radius 3 is 0.442 bits per heavy atom. The Morgan fingerprint density at radius 1 is 0.204 bits per heavy atom. The molecule has 0 radical (unpaired) electrons. The fourth-order valence-electron chi connectivity index (χ4n) is 11.8. The number of amides is 14. The fraction of sp³-hybridized carbons (Fsp3) is 0.811. The van der Waals surface area contributed by atoms with Crippen molar-refractivity contribution in [2.24, 2.45) is 29.4 Å². The summed E-state index contributed by atoms with van der Waals surface area (Å²) in [5, 5.41) is 107. The van der Waals surface area contributed by atoms with Gasteiger partial charge in [0.2, 0.25) is 82.7 Å². The van der Waals surface area contributed by atoms with Crippen LogP contribution < -0.4 is 11.1 Å². The summed E-state index contributed by atoms with van der Waals surface area (Å²) in [6.45, 7) is 13.3. The van der Waals surface area contributed by atoms with E-state index in [-0.39, 0.29) is 76.0 Å². The van der Waals surface area contributed by atoms with Gasteiger partial charge in [0.25, 0.3) is 0 Å². The molecule has 10 unspecified atom stereocenters. The summed E-state index contributed by atoms with van der Waals surface area (Å²) < 4.78 is 0. The maximum Gasteiger partial charge on any atom is 0.242 e. The molecule has 0 rings (SSSR count). The highest BCUT2D eigenvalue weighted by atomic mass is 16.3. The number of aliphatic hydroxyl groups excluding tert-OH is 10. The van der Waals surface area contributed by atoms with Crippen LogP contribution in [0.5, 0.6) is 0 Å². The van der Waals surface area contributed by atoms with E-state index in [1.807, 2.05) is 0 Å². The average Bonchev–Trinajstić information content (AvgIpc) is 0.852. The number of carbonyl (C=O) groups is 14. The van der Waals surface area contributed by atoms with Crippen LogP contribution in [0, 0.1) is 23.7 Å². The second kappa shape index (κ2) is 53.3. The molecule has 0 aromatic carbocycles. The van der Waals surface area contributed by atoms with E-state index in [1.54, 1.807) is 55.4 Å². The minimum atomic E-state index is -1.31. The summed E-state index contributed by atoms with van der Waals surface area (Å²) in [5.74, 6) is -13.0. The Hall–Kier alpha value is -7.86. The molecule has 14 amide bonds. The quantitative estimate of drug-likeness (QED) is 0.0269. The molecule has 39 nitrogen and oxygen atoms in total. The fourth-order valence-corrected chi connectivity index (χ4v) is 11.8. The van der Waals surface area contributed by atoms with Crippen LogP contribution in [0.1, 0.15) is 125 Å². The van der Waals surface area contributed by atoms with E-state index in [2.05, 4.69) is 5.32 Å². The van der Waals surface area contributed by atoms with Crippen LogP contribution in [-0.4, -0.2) is 442 Å². The van der Waals surface area contributed by atoms with Crippen molar-refractivity contribution in [1.82, 2.24) is 69.0 Å². The van der Waals surface area contributed by atoms with Crippen molar-refractivity contribution >= 4 is 82.7 Å². The Morgan fingerprint density at radius 2 is 0.327 bits per heavy atom. The van der Waals surface area contributed by atoms with Crippen molar-refractivity contribution in [3.05, 3.63) is 0 Å². The minimum absolute atomic E-state index is 0.00547. The predicted octanol–water partition coefficient (Wildman–Crippen LogP) is -6.73. The first-order chi connectivity index (χ1) is 52.2. The average molecular weight is 1620 g/mol. The lowest BCUT2D eigenvalue weighted by Crippen LogP contribution is -2.55. The molecular formula is C74H137N15O24. The van der Waals surface area contributed by atoms with Crippen LogP contribution in [0.3, 0.4) is 0 Å². The van der Waals surface area contributed by atoms with Gasteiger partial charge in [0, 0.05) is 91.6 Å². The Kier molecular flexibility index (Phi) is 49.6. The van der Waals surface area contributed by atoms with Crippen LogP contribution in [0.4, 0.5) is 0 Å². The van der Waals surface area contributed by atoms with Crippen molar-refractivity contribution < 1.29 is 118 Å². The number of aliphatic hydroxyl groups is 10. The van der Waals surface area contributed by atoms with Gasteiger partial charge in [-0.25, -0.2) is 0 Å². The van der Waals surface area contributed by atoms with Crippen molar-refractivity contribution in [1.29, 1.82) is 0 Å². The number of primary amides is 1.